The number of ether oxygens (including phenoxy) is 3. The lowest BCUT2D eigenvalue weighted by Crippen LogP contribution is -2.47. The van der Waals surface area contributed by atoms with Gasteiger partial charge in [-0.3, -0.25) is 4.99 Å². The Morgan fingerprint density at radius 1 is 1.12 bits per heavy atom. The highest BCUT2D eigenvalue weighted by Crippen LogP contribution is 2.22. The van der Waals surface area contributed by atoms with E-state index in [-0.39, 0.29) is 42.0 Å². The van der Waals surface area contributed by atoms with Crippen molar-refractivity contribution in [3.8, 4) is 0 Å². The van der Waals surface area contributed by atoms with Gasteiger partial charge in [-0.05, 0) is 49.8 Å². The molecule has 3 aliphatic heterocycles. The first-order valence-electron chi connectivity index (χ1n) is 12.0. The topological polar surface area (TPSA) is 58.6 Å². The van der Waals surface area contributed by atoms with Crippen LogP contribution >= 0.6 is 24.0 Å². The van der Waals surface area contributed by atoms with Crippen LogP contribution in [-0.2, 0) is 20.8 Å². The average Bonchev–Trinajstić information content (AvgIpc) is 2.85. The fourth-order valence-electron chi connectivity index (χ4n) is 4.65. The van der Waals surface area contributed by atoms with E-state index in [4.69, 9.17) is 14.2 Å². The van der Waals surface area contributed by atoms with Crippen LogP contribution in [0.1, 0.15) is 37.7 Å². The minimum absolute atomic E-state index is 0. The SMILES string of the molecule is CN=C(NCc1ccc(N2CCOCC2)c(F)c1)N1CCC(OCC2CCCCO2)CC1.I. The number of morpholine rings is 1. The monoisotopic (exact) mass is 576 g/mol. The van der Waals surface area contributed by atoms with Crippen molar-refractivity contribution in [2.24, 2.45) is 4.99 Å². The van der Waals surface area contributed by atoms with E-state index in [0.29, 0.717) is 32.1 Å². The van der Waals surface area contributed by atoms with Gasteiger partial charge in [0.1, 0.15) is 5.82 Å². The quantitative estimate of drug-likeness (QED) is 0.319. The molecule has 0 spiro atoms. The Bertz CT molecular complexity index is 749. The number of guanidine groups is 1. The van der Waals surface area contributed by atoms with E-state index in [1.54, 1.807) is 13.1 Å². The molecule has 9 heteroatoms. The summed E-state index contributed by atoms with van der Waals surface area (Å²) in [4.78, 5) is 8.74. The molecule has 0 amide bonds. The second-order valence-corrected chi connectivity index (χ2v) is 8.79. The van der Waals surface area contributed by atoms with Gasteiger partial charge in [-0.25, -0.2) is 4.39 Å². The van der Waals surface area contributed by atoms with E-state index in [1.807, 2.05) is 17.0 Å². The Morgan fingerprint density at radius 2 is 1.91 bits per heavy atom. The normalized spacial score (nSPS) is 22.7. The first kappa shape index (κ1) is 26.4. The van der Waals surface area contributed by atoms with Crippen LogP contribution in [0, 0.1) is 5.82 Å². The van der Waals surface area contributed by atoms with Crippen LogP contribution in [0.4, 0.5) is 10.1 Å². The molecule has 0 saturated carbocycles. The average molecular weight is 576 g/mol. The van der Waals surface area contributed by atoms with Crippen molar-refractivity contribution in [1.29, 1.82) is 0 Å². The van der Waals surface area contributed by atoms with Gasteiger partial charge in [0, 0.05) is 46.4 Å². The van der Waals surface area contributed by atoms with Crippen LogP contribution in [0.5, 0.6) is 0 Å². The third-order valence-electron chi connectivity index (χ3n) is 6.56. The van der Waals surface area contributed by atoms with Gasteiger partial charge in [0.05, 0.1) is 37.7 Å². The van der Waals surface area contributed by atoms with Crippen molar-refractivity contribution in [1.82, 2.24) is 10.2 Å². The molecule has 3 heterocycles. The van der Waals surface area contributed by atoms with Crippen LogP contribution < -0.4 is 10.2 Å². The summed E-state index contributed by atoms with van der Waals surface area (Å²) in [5.41, 5.74) is 1.56. The molecule has 3 saturated heterocycles. The molecule has 3 aliphatic rings. The lowest BCUT2D eigenvalue weighted by Gasteiger charge is -2.35. The van der Waals surface area contributed by atoms with Crippen molar-refractivity contribution >= 4 is 35.6 Å². The van der Waals surface area contributed by atoms with Crippen LogP contribution in [-0.4, -0.2) is 82.7 Å². The number of rotatable bonds is 6. The Morgan fingerprint density at radius 3 is 2.58 bits per heavy atom. The molecule has 1 atom stereocenters. The largest absolute Gasteiger partial charge is 0.378 e. The van der Waals surface area contributed by atoms with Gasteiger partial charge in [0.2, 0.25) is 0 Å². The van der Waals surface area contributed by atoms with E-state index >= 15 is 0 Å². The number of piperidine rings is 1. The lowest BCUT2D eigenvalue weighted by atomic mass is 10.1. The molecule has 1 aromatic rings. The standard InChI is InChI=1S/C24H37FN4O3.HI/c1-26-24(29-9-7-20(8-10-29)32-18-21-4-2-3-13-31-21)27-17-19-5-6-23(22(25)16-19)28-11-14-30-15-12-28;/h5-6,16,20-21H,2-4,7-15,17-18H2,1H3,(H,26,27);1H. The van der Waals surface area contributed by atoms with Gasteiger partial charge < -0.3 is 29.3 Å². The first-order valence-corrected chi connectivity index (χ1v) is 12.0. The molecule has 0 aromatic heterocycles. The maximum atomic E-state index is 14.7. The van der Waals surface area contributed by atoms with Gasteiger partial charge >= 0.3 is 0 Å². The van der Waals surface area contributed by atoms with Crippen molar-refractivity contribution < 1.29 is 18.6 Å². The number of nitrogens with one attached hydrogen (secondary N) is 1. The number of hydrogen-bond acceptors (Lipinski definition) is 5. The summed E-state index contributed by atoms with van der Waals surface area (Å²) in [6.07, 6.45) is 6.05. The smallest absolute Gasteiger partial charge is 0.193 e. The number of anilines is 1. The lowest BCUT2D eigenvalue weighted by molar-refractivity contribution is -0.0721. The van der Waals surface area contributed by atoms with Crippen molar-refractivity contribution in [2.45, 2.75) is 50.9 Å². The molecule has 0 radical (unpaired) electrons. The molecule has 0 bridgehead atoms. The van der Waals surface area contributed by atoms with E-state index in [1.165, 1.54) is 12.8 Å². The highest BCUT2D eigenvalue weighted by molar-refractivity contribution is 14.0. The maximum absolute atomic E-state index is 14.7. The van der Waals surface area contributed by atoms with Crippen molar-refractivity contribution in [2.75, 3.05) is 64.6 Å². The van der Waals surface area contributed by atoms with Crippen molar-refractivity contribution in [3.05, 3.63) is 29.6 Å². The molecule has 0 aliphatic carbocycles. The van der Waals surface area contributed by atoms with E-state index in [0.717, 1.165) is 63.6 Å². The summed E-state index contributed by atoms with van der Waals surface area (Å²) < 4.78 is 31.9. The summed E-state index contributed by atoms with van der Waals surface area (Å²) >= 11 is 0. The third-order valence-corrected chi connectivity index (χ3v) is 6.56. The number of halogens is 2. The van der Waals surface area contributed by atoms with E-state index in [9.17, 15) is 4.39 Å². The summed E-state index contributed by atoms with van der Waals surface area (Å²) in [6, 6.07) is 5.49. The number of aliphatic imine (C=N–C) groups is 1. The predicted molar refractivity (Wildman–Crippen MR) is 139 cm³/mol. The van der Waals surface area contributed by atoms with Gasteiger partial charge in [0.25, 0.3) is 0 Å². The Kier molecular flexibility index (Phi) is 10.9. The summed E-state index contributed by atoms with van der Waals surface area (Å²) in [5, 5.41) is 3.40. The van der Waals surface area contributed by atoms with Crippen LogP contribution in [0.3, 0.4) is 0 Å². The number of hydrogen-bond donors (Lipinski definition) is 1. The third kappa shape index (κ3) is 7.66. The molecule has 4 rings (SSSR count). The molecule has 3 fully saturated rings. The van der Waals surface area contributed by atoms with Crippen LogP contribution in [0.25, 0.3) is 0 Å². The molecule has 33 heavy (non-hydrogen) atoms. The Hall–Kier alpha value is -1.17. The van der Waals surface area contributed by atoms with Gasteiger partial charge in [-0.15, -0.1) is 24.0 Å². The molecule has 1 N–H and O–H groups in total. The summed E-state index contributed by atoms with van der Waals surface area (Å²) in [6.45, 7) is 6.69. The van der Waals surface area contributed by atoms with Crippen LogP contribution in [0.15, 0.2) is 23.2 Å². The van der Waals surface area contributed by atoms with Gasteiger partial charge in [-0.1, -0.05) is 6.07 Å². The second kappa shape index (κ2) is 13.7. The molecule has 1 aromatic carbocycles. The fourth-order valence-corrected chi connectivity index (χ4v) is 4.65. The number of likely N-dealkylation sites (tertiary alicyclic amines) is 1. The highest BCUT2D eigenvalue weighted by atomic mass is 127. The zero-order valence-corrected chi connectivity index (χ0v) is 22.0. The van der Waals surface area contributed by atoms with E-state index in [2.05, 4.69) is 15.2 Å². The fraction of sp³-hybridized carbons (Fsp3) is 0.708. The summed E-state index contributed by atoms with van der Waals surface area (Å²) in [7, 11) is 1.80. The minimum atomic E-state index is -0.180. The van der Waals surface area contributed by atoms with Crippen LogP contribution in [0.2, 0.25) is 0 Å². The molecule has 186 valence electrons. The molecule has 1 unspecified atom stereocenters. The van der Waals surface area contributed by atoms with E-state index < -0.39 is 0 Å². The maximum Gasteiger partial charge on any atom is 0.193 e. The van der Waals surface area contributed by atoms with Crippen molar-refractivity contribution in [3.63, 3.8) is 0 Å². The zero-order chi connectivity index (χ0) is 22.2. The molecular formula is C24H38FIN4O3. The Labute approximate surface area is 214 Å². The Balaban J connectivity index is 0.00000306. The van der Waals surface area contributed by atoms with Gasteiger partial charge in [0.15, 0.2) is 5.96 Å². The summed E-state index contributed by atoms with van der Waals surface area (Å²) in [5.74, 6) is 0.679. The van der Waals surface area contributed by atoms with Gasteiger partial charge in [-0.2, -0.15) is 0 Å². The zero-order valence-electron chi connectivity index (χ0n) is 19.6. The first-order chi connectivity index (χ1) is 15.7. The second-order valence-electron chi connectivity index (χ2n) is 8.79. The molecular weight excluding hydrogens is 538 g/mol. The predicted octanol–water partition coefficient (Wildman–Crippen LogP) is 3.41. The molecule has 7 nitrogen and oxygen atoms in total. The number of nitrogens with zero attached hydrogens (tertiary/aromatic N) is 3. The number of benzene rings is 1. The minimum Gasteiger partial charge on any atom is -0.378 e. The highest BCUT2D eigenvalue weighted by Gasteiger charge is 2.24.